The summed E-state index contributed by atoms with van der Waals surface area (Å²) in [4.78, 5) is 19.4. The molecule has 3 aromatic rings. The normalized spacial score (nSPS) is 17.5. The first kappa shape index (κ1) is 15.7. The zero-order valence-electron chi connectivity index (χ0n) is 13.1. The monoisotopic (exact) mass is 348 g/mol. The van der Waals surface area contributed by atoms with Gasteiger partial charge in [-0.1, -0.05) is 18.2 Å². The topological polar surface area (TPSA) is 62.7 Å². The van der Waals surface area contributed by atoms with Crippen molar-refractivity contribution in [1.29, 1.82) is 0 Å². The lowest BCUT2D eigenvalue weighted by Gasteiger charge is -2.22. The van der Waals surface area contributed by atoms with Crippen molar-refractivity contribution >= 4 is 22.5 Å². The molecule has 130 valence electrons. The SMILES string of the molecule is O=C(Nc1c[nH]c2ccccc12)C1CCCn2cc(C(F)(F)F)nc21. The molecule has 1 amide bonds. The van der Waals surface area contributed by atoms with Crippen LogP contribution in [-0.4, -0.2) is 20.4 Å². The van der Waals surface area contributed by atoms with Crippen LogP contribution in [0.3, 0.4) is 0 Å². The number of hydrogen-bond acceptors (Lipinski definition) is 2. The first-order valence-electron chi connectivity index (χ1n) is 7.95. The molecule has 0 spiro atoms. The number of para-hydroxylation sites is 1. The molecule has 0 radical (unpaired) electrons. The highest BCUT2D eigenvalue weighted by Gasteiger charge is 2.38. The third-order valence-corrected chi connectivity index (χ3v) is 4.46. The zero-order valence-corrected chi connectivity index (χ0v) is 13.1. The fourth-order valence-electron chi connectivity index (χ4n) is 3.26. The number of nitrogens with one attached hydrogen (secondary N) is 2. The van der Waals surface area contributed by atoms with E-state index in [1.165, 1.54) is 4.57 Å². The van der Waals surface area contributed by atoms with Crippen molar-refractivity contribution in [2.24, 2.45) is 0 Å². The van der Waals surface area contributed by atoms with Crippen LogP contribution in [0.15, 0.2) is 36.7 Å². The molecule has 0 fully saturated rings. The number of carbonyl (C=O) groups excluding carboxylic acids is 1. The van der Waals surface area contributed by atoms with E-state index in [2.05, 4.69) is 15.3 Å². The molecule has 2 aromatic heterocycles. The van der Waals surface area contributed by atoms with Crippen molar-refractivity contribution in [3.63, 3.8) is 0 Å². The molecule has 0 saturated carbocycles. The number of aryl methyl sites for hydroxylation is 1. The number of hydrogen-bond donors (Lipinski definition) is 2. The number of carbonyl (C=O) groups is 1. The Morgan fingerprint density at radius 1 is 1.32 bits per heavy atom. The Kier molecular flexibility index (Phi) is 3.55. The van der Waals surface area contributed by atoms with Gasteiger partial charge in [0.15, 0.2) is 5.69 Å². The average Bonchev–Trinajstić information content (AvgIpc) is 3.18. The molecular weight excluding hydrogens is 333 g/mol. The molecule has 1 atom stereocenters. The molecule has 8 heteroatoms. The molecule has 0 saturated heterocycles. The Labute approximate surface area is 140 Å². The fraction of sp³-hybridized carbons (Fsp3) is 0.294. The number of aromatic amines is 1. The van der Waals surface area contributed by atoms with Gasteiger partial charge in [0.2, 0.25) is 5.91 Å². The van der Waals surface area contributed by atoms with Crippen molar-refractivity contribution < 1.29 is 18.0 Å². The van der Waals surface area contributed by atoms with Crippen LogP contribution >= 0.6 is 0 Å². The number of amides is 1. The number of fused-ring (bicyclic) bond motifs is 2. The predicted octanol–water partition coefficient (Wildman–Crippen LogP) is 3.90. The molecule has 3 heterocycles. The molecule has 1 aliphatic heterocycles. The number of halogens is 3. The van der Waals surface area contributed by atoms with Crippen molar-refractivity contribution in [1.82, 2.24) is 14.5 Å². The second kappa shape index (κ2) is 5.65. The first-order chi connectivity index (χ1) is 11.9. The van der Waals surface area contributed by atoms with Crippen LogP contribution in [-0.2, 0) is 17.5 Å². The van der Waals surface area contributed by atoms with E-state index in [9.17, 15) is 18.0 Å². The summed E-state index contributed by atoms with van der Waals surface area (Å²) in [5.41, 5.74) is 0.539. The van der Waals surface area contributed by atoms with Gasteiger partial charge >= 0.3 is 6.18 Å². The second-order valence-corrected chi connectivity index (χ2v) is 6.11. The largest absolute Gasteiger partial charge is 0.434 e. The molecule has 0 bridgehead atoms. The molecule has 0 aliphatic carbocycles. The van der Waals surface area contributed by atoms with Crippen LogP contribution < -0.4 is 5.32 Å². The van der Waals surface area contributed by atoms with Crippen molar-refractivity contribution in [3.05, 3.63) is 48.2 Å². The second-order valence-electron chi connectivity index (χ2n) is 6.11. The lowest BCUT2D eigenvalue weighted by atomic mass is 9.98. The van der Waals surface area contributed by atoms with Gasteiger partial charge in [0, 0.05) is 29.8 Å². The zero-order chi connectivity index (χ0) is 17.6. The summed E-state index contributed by atoms with van der Waals surface area (Å²) in [7, 11) is 0. The molecule has 1 aromatic carbocycles. The summed E-state index contributed by atoms with van der Waals surface area (Å²) in [5, 5.41) is 3.67. The Morgan fingerprint density at radius 3 is 2.92 bits per heavy atom. The minimum Gasteiger partial charge on any atom is -0.359 e. The summed E-state index contributed by atoms with van der Waals surface area (Å²) in [6, 6.07) is 7.48. The van der Waals surface area contributed by atoms with E-state index in [4.69, 9.17) is 0 Å². The molecule has 25 heavy (non-hydrogen) atoms. The van der Waals surface area contributed by atoms with E-state index in [0.717, 1.165) is 17.1 Å². The third-order valence-electron chi connectivity index (χ3n) is 4.46. The Morgan fingerprint density at radius 2 is 2.12 bits per heavy atom. The highest BCUT2D eigenvalue weighted by atomic mass is 19.4. The molecule has 2 N–H and O–H groups in total. The van der Waals surface area contributed by atoms with Crippen molar-refractivity contribution in [2.75, 3.05) is 5.32 Å². The highest BCUT2D eigenvalue weighted by molar-refractivity contribution is 6.03. The van der Waals surface area contributed by atoms with E-state index in [-0.39, 0.29) is 11.7 Å². The van der Waals surface area contributed by atoms with Gasteiger partial charge in [0.25, 0.3) is 0 Å². The van der Waals surface area contributed by atoms with Gasteiger partial charge in [-0.25, -0.2) is 4.98 Å². The number of anilines is 1. The predicted molar refractivity (Wildman–Crippen MR) is 86.1 cm³/mol. The van der Waals surface area contributed by atoms with Crippen LogP contribution in [0.5, 0.6) is 0 Å². The van der Waals surface area contributed by atoms with E-state index in [0.29, 0.717) is 25.1 Å². The Bertz CT molecular complexity index is 941. The van der Waals surface area contributed by atoms with Gasteiger partial charge in [-0.05, 0) is 18.9 Å². The summed E-state index contributed by atoms with van der Waals surface area (Å²) in [5.74, 6) is -0.862. The number of nitrogens with zero attached hydrogens (tertiary/aromatic N) is 2. The molecular formula is C17H15F3N4O. The summed E-state index contributed by atoms with van der Waals surface area (Å²) in [6.45, 7) is 0.440. The van der Waals surface area contributed by atoms with Crippen LogP contribution in [0.2, 0.25) is 0 Å². The van der Waals surface area contributed by atoms with Crippen LogP contribution in [0, 0.1) is 0 Å². The number of aromatic nitrogens is 3. The first-order valence-corrected chi connectivity index (χ1v) is 7.95. The lowest BCUT2D eigenvalue weighted by molar-refractivity contribution is -0.141. The maximum absolute atomic E-state index is 12.9. The molecule has 1 unspecified atom stereocenters. The molecule has 5 nitrogen and oxygen atoms in total. The van der Waals surface area contributed by atoms with Crippen LogP contribution in [0.1, 0.15) is 30.3 Å². The molecule has 4 rings (SSSR count). The lowest BCUT2D eigenvalue weighted by Crippen LogP contribution is -2.27. The number of alkyl halides is 3. The van der Waals surface area contributed by atoms with Crippen molar-refractivity contribution in [2.45, 2.75) is 31.5 Å². The van der Waals surface area contributed by atoms with E-state index < -0.39 is 17.8 Å². The third kappa shape index (κ3) is 2.77. The quantitative estimate of drug-likeness (QED) is 0.738. The maximum atomic E-state index is 12.9. The minimum atomic E-state index is -4.51. The Hall–Kier alpha value is -2.77. The smallest absolute Gasteiger partial charge is 0.359 e. The number of benzene rings is 1. The van der Waals surface area contributed by atoms with Crippen LogP contribution in [0.25, 0.3) is 10.9 Å². The summed E-state index contributed by atoms with van der Waals surface area (Å²) >= 11 is 0. The number of H-pyrrole nitrogens is 1. The highest BCUT2D eigenvalue weighted by Crippen LogP contribution is 2.34. The van der Waals surface area contributed by atoms with Crippen molar-refractivity contribution in [3.8, 4) is 0 Å². The van der Waals surface area contributed by atoms with Gasteiger partial charge in [0.05, 0.1) is 11.6 Å². The number of rotatable bonds is 2. The summed E-state index contributed by atoms with van der Waals surface area (Å²) < 4.78 is 40.1. The van der Waals surface area contributed by atoms with Gasteiger partial charge in [0.1, 0.15) is 5.82 Å². The summed E-state index contributed by atoms with van der Waals surface area (Å²) in [6.07, 6.45) is -0.739. The number of imidazole rings is 1. The van der Waals surface area contributed by atoms with E-state index in [1.807, 2.05) is 24.3 Å². The maximum Gasteiger partial charge on any atom is 0.434 e. The van der Waals surface area contributed by atoms with Gasteiger partial charge < -0.3 is 14.9 Å². The van der Waals surface area contributed by atoms with E-state index in [1.54, 1.807) is 6.20 Å². The van der Waals surface area contributed by atoms with E-state index >= 15 is 0 Å². The van der Waals surface area contributed by atoms with Gasteiger partial charge in [-0.2, -0.15) is 13.2 Å². The van der Waals surface area contributed by atoms with Crippen LogP contribution in [0.4, 0.5) is 18.9 Å². The minimum absolute atomic E-state index is 0.177. The van der Waals surface area contributed by atoms with Gasteiger partial charge in [-0.15, -0.1) is 0 Å². The molecule has 1 aliphatic rings. The average molecular weight is 348 g/mol. The Balaban J connectivity index is 1.63. The fourth-order valence-corrected chi connectivity index (χ4v) is 3.26. The van der Waals surface area contributed by atoms with Gasteiger partial charge in [-0.3, -0.25) is 4.79 Å². The standard InChI is InChI=1S/C17H15F3N4O/c18-17(19,20)14-9-24-7-3-5-11(15(24)23-14)16(25)22-13-8-21-12-6-2-1-4-10(12)13/h1-2,4,6,8-9,11,21H,3,5,7H2,(H,22,25).